The van der Waals surface area contributed by atoms with Crippen molar-refractivity contribution in [3.63, 3.8) is 0 Å². The predicted octanol–water partition coefficient (Wildman–Crippen LogP) is 5.33. The number of nitrogens with one attached hydrogen (secondary N) is 1. The molecule has 5 heteroatoms. The molecule has 2 aromatic carbocycles. The monoisotopic (exact) mass is 393 g/mol. The number of aromatic nitrogens is 1. The Hall–Kier alpha value is -2.24. The van der Waals surface area contributed by atoms with Gasteiger partial charge in [0.1, 0.15) is 5.01 Å². The standard InChI is InChI=1S/C23H27N3OS/c1-15-10-12-26(13-11-15)17(3)22(27)24-19-7-5-18(6-8-19)23-25-20-9-4-16(2)14-21(20)28-23/h4-9,14-15,17H,10-13H2,1-3H3,(H,24,27). The summed E-state index contributed by atoms with van der Waals surface area (Å²) in [6.07, 6.45) is 2.35. The van der Waals surface area contributed by atoms with Crippen molar-refractivity contribution in [2.75, 3.05) is 18.4 Å². The Kier molecular flexibility index (Phi) is 5.47. The van der Waals surface area contributed by atoms with Crippen LogP contribution in [0, 0.1) is 12.8 Å². The van der Waals surface area contributed by atoms with Crippen LogP contribution >= 0.6 is 11.3 Å². The van der Waals surface area contributed by atoms with Crippen molar-refractivity contribution in [1.29, 1.82) is 0 Å². The van der Waals surface area contributed by atoms with E-state index in [0.717, 1.165) is 40.8 Å². The average Bonchev–Trinajstić information content (AvgIpc) is 3.11. The molecular formula is C23H27N3OS. The van der Waals surface area contributed by atoms with Crippen molar-refractivity contribution in [3.05, 3.63) is 48.0 Å². The van der Waals surface area contributed by atoms with Gasteiger partial charge in [-0.2, -0.15) is 0 Å². The Balaban J connectivity index is 1.43. The molecular weight excluding hydrogens is 366 g/mol. The molecule has 0 radical (unpaired) electrons. The van der Waals surface area contributed by atoms with E-state index in [9.17, 15) is 4.79 Å². The van der Waals surface area contributed by atoms with Crippen molar-refractivity contribution >= 4 is 33.1 Å². The van der Waals surface area contributed by atoms with Crippen LogP contribution in [0.3, 0.4) is 0 Å². The van der Waals surface area contributed by atoms with Crippen molar-refractivity contribution in [2.45, 2.75) is 39.7 Å². The van der Waals surface area contributed by atoms with Crippen LogP contribution in [0.25, 0.3) is 20.8 Å². The van der Waals surface area contributed by atoms with Gasteiger partial charge in [0.25, 0.3) is 0 Å². The summed E-state index contributed by atoms with van der Waals surface area (Å²) >= 11 is 1.70. The van der Waals surface area contributed by atoms with Gasteiger partial charge in [0.05, 0.1) is 16.3 Å². The Morgan fingerprint density at radius 3 is 2.61 bits per heavy atom. The highest BCUT2D eigenvalue weighted by Crippen LogP contribution is 2.31. The summed E-state index contributed by atoms with van der Waals surface area (Å²) < 4.78 is 1.21. The number of rotatable bonds is 4. The molecule has 4 nitrogen and oxygen atoms in total. The van der Waals surface area contributed by atoms with E-state index in [1.807, 2.05) is 31.2 Å². The van der Waals surface area contributed by atoms with Crippen LogP contribution in [0.1, 0.15) is 32.3 Å². The molecule has 0 spiro atoms. The fourth-order valence-electron chi connectivity index (χ4n) is 3.68. The summed E-state index contributed by atoms with van der Waals surface area (Å²) in [7, 11) is 0. The Bertz CT molecular complexity index is 971. The lowest BCUT2D eigenvalue weighted by Crippen LogP contribution is -2.45. The van der Waals surface area contributed by atoms with E-state index in [1.165, 1.54) is 23.1 Å². The largest absolute Gasteiger partial charge is 0.325 e. The first-order chi connectivity index (χ1) is 13.5. The molecule has 146 valence electrons. The minimum atomic E-state index is -0.0975. The minimum absolute atomic E-state index is 0.0674. The van der Waals surface area contributed by atoms with Gasteiger partial charge in [-0.05, 0) is 87.7 Å². The average molecular weight is 394 g/mol. The third-order valence-corrected chi connectivity index (χ3v) is 6.76. The number of likely N-dealkylation sites (tertiary alicyclic amines) is 1. The van der Waals surface area contributed by atoms with Gasteiger partial charge in [-0.15, -0.1) is 11.3 Å². The van der Waals surface area contributed by atoms with Crippen LogP contribution in [0.2, 0.25) is 0 Å². The van der Waals surface area contributed by atoms with Crippen molar-refractivity contribution < 1.29 is 4.79 Å². The van der Waals surface area contributed by atoms with Gasteiger partial charge in [0, 0.05) is 11.3 Å². The van der Waals surface area contributed by atoms with E-state index in [1.54, 1.807) is 11.3 Å². The summed E-state index contributed by atoms with van der Waals surface area (Å²) in [5.41, 5.74) is 4.20. The van der Waals surface area contributed by atoms with Gasteiger partial charge in [-0.3, -0.25) is 9.69 Å². The van der Waals surface area contributed by atoms with Crippen LogP contribution in [0.4, 0.5) is 5.69 Å². The number of hydrogen-bond acceptors (Lipinski definition) is 4. The Labute approximate surface area is 170 Å². The third kappa shape index (κ3) is 4.10. The molecule has 1 aromatic heterocycles. The number of aryl methyl sites for hydroxylation is 1. The second-order valence-electron chi connectivity index (χ2n) is 7.95. The maximum absolute atomic E-state index is 12.6. The number of nitrogens with zero attached hydrogens (tertiary/aromatic N) is 2. The van der Waals surface area contributed by atoms with E-state index >= 15 is 0 Å². The van der Waals surface area contributed by atoms with E-state index in [-0.39, 0.29) is 11.9 Å². The molecule has 1 unspecified atom stereocenters. The van der Waals surface area contributed by atoms with Crippen LogP contribution in [-0.4, -0.2) is 34.9 Å². The summed E-state index contributed by atoms with van der Waals surface area (Å²) in [5.74, 6) is 0.836. The number of amides is 1. The minimum Gasteiger partial charge on any atom is -0.325 e. The predicted molar refractivity (Wildman–Crippen MR) is 118 cm³/mol. The van der Waals surface area contributed by atoms with Crippen molar-refractivity contribution in [1.82, 2.24) is 9.88 Å². The van der Waals surface area contributed by atoms with Gasteiger partial charge in [-0.25, -0.2) is 4.98 Å². The Morgan fingerprint density at radius 1 is 1.18 bits per heavy atom. The number of fused-ring (bicyclic) bond motifs is 1. The first-order valence-electron chi connectivity index (χ1n) is 10.0. The van der Waals surface area contributed by atoms with E-state index in [2.05, 4.69) is 42.3 Å². The van der Waals surface area contributed by atoms with Crippen LogP contribution in [-0.2, 0) is 4.79 Å². The lowest BCUT2D eigenvalue weighted by Gasteiger charge is -2.34. The number of carbonyl (C=O) groups is 1. The molecule has 0 aliphatic carbocycles. The number of hydrogen-bond donors (Lipinski definition) is 1. The molecule has 3 aromatic rings. The second kappa shape index (κ2) is 8.02. The summed E-state index contributed by atoms with van der Waals surface area (Å²) in [5, 5.41) is 4.07. The second-order valence-corrected chi connectivity index (χ2v) is 8.98. The van der Waals surface area contributed by atoms with E-state index in [0.29, 0.717) is 0 Å². The molecule has 1 saturated heterocycles. The topological polar surface area (TPSA) is 45.2 Å². The summed E-state index contributed by atoms with van der Waals surface area (Å²) in [6.45, 7) is 8.40. The number of benzene rings is 2. The zero-order valence-corrected chi connectivity index (χ0v) is 17.6. The van der Waals surface area contributed by atoms with Gasteiger partial charge in [-0.1, -0.05) is 13.0 Å². The van der Waals surface area contributed by atoms with Gasteiger partial charge < -0.3 is 5.32 Å². The van der Waals surface area contributed by atoms with Crippen LogP contribution in [0.15, 0.2) is 42.5 Å². The number of carbonyl (C=O) groups excluding carboxylic acids is 1. The highest BCUT2D eigenvalue weighted by Gasteiger charge is 2.25. The Morgan fingerprint density at radius 2 is 1.89 bits per heavy atom. The summed E-state index contributed by atoms with van der Waals surface area (Å²) in [4.78, 5) is 19.7. The zero-order valence-electron chi connectivity index (χ0n) is 16.7. The molecule has 1 aliphatic heterocycles. The fraction of sp³-hybridized carbons (Fsp3) is 0.391. The van der Waals surface area contributed by atoms with Gasteiger partial charge >= 0.3 is 0 Å². The molecule has 4 rings (SSSR count). The molecule has 1 aliphatic rings. The molecule has 2 heterocycles. The lowest BCUT2D eigenvalue weighted by molar-refractivity contribution is -0.121. The molecule has 1 amide bonds. The number of piperidine rings is 1. The number of anilines is 1. The fourth-order valence-corrected chi connectivity index (χ4v) is 4.75. The van der Waals surface area contributed by atoms with Crippen molar-refractivity contribution in [3.8, 4) is 10.6 Å². The first-order valence-corrected chi connectivity index (χ1v) is 10.8. The highest BCUT2D eigenvalue weighted by molar-refractivity contribution is 7.21. The maximum Gasteiger partial charge on any atom is 0.241 e. The maximum atomic E-state index is 12.6. The van der Waals surface area contributed by atoms with Crippen LogP contribution < -0.4 is 5.32 Å². The molecule has 0 bridgehead atoms. The molecule has 28 heavy (non-hydrogen) atoms. The van der Waals surface area contributed by atoms with Gasteiger partial charge in [0.15, 0.2) is 0 Å². The lowest BCUT2D eigenvalue weighted by atomic mass is 9.98. The molecule has 0 saturated carbocycles. The summed E-state index contributed by atoms with van der Waals surface area (Å²) in [6, 6.07) is 14.2. The molecule has 1 atom stereocenters. The first kappa shape index (κ1) is 19.1. The van der Waals surface area contributed by atoms with Crippen LogP contribution in [0.5, 0.6) is 0 Å². The molecule has 1 N–H and O–H groups in total. The third-order valence-electron chi connectivity index (χ3n) is 5.69. The molecule has 1 fully saturated rings. The normalized spacial score (nSPS) is 17.0. The zero-order chi connectivity index (χ0) is 19.7. The van der Waals surface area contributed by atoms with E-state index < -0.39 is 0 Å². The highest BCUT2D eigenvalue weighted by atomic mass is 32.1. The SMILES string of the molecule is Cc1ccc2nc(-c3ccc(NC(=O)C(C)N4CCC(C)CC4)cc3)sc2c1. The van der Waals surface area contributed by atoms with Crippen molar-refractivity contribution in [2.24, 2.45) is 5.92 Å². The number of thiazole rings is 1. The van der Waals surface area contributed by atoms with E-state index in [4.69, 9.17) is 4.98 Å². The quantitative estimate of drug-likeness (QED) is 0.651. The smallest absolute Gasteiger partial charge is 0.241 e. The van der Waals surface area contributed by atoms with Gasteiger partial charge in [0.2, 0.25) is 5.91 Å².